The smallest absolute Gasteiger partial charge is 0.332 e. The second kappa shape index (κ2) is 4.35. The minimum atomic E-state index is -0.421. The van der Waals surface area contributed by atoms with Gasteiger partial charge < -0.3 is 5.73 Å². The highest BCUT2D eigenvalue weighted by atomic mass is 32.2. The first-order valence-corrected chi connectivity index (χ1v) is 5.35. The monoisotopic (exact) mass is 228 g/mol. The lowest BCUT2D eigenvalue weighted by atomic mass is 10.5. The van der Waals surface area contributed by atoms with Crippen LogP contribution in [0.2, 0.25) is 0 Å². The second-order valence-corrected chi connectivity index (χ2v) is 3.72. The van der Waals surface area contributed by atoms with Gasteiger partial charge in [0.25, 0.3) is 5.56 Å². The predicted octanol–water partition coefficient (Wildman–Crippen LogP) is -0.607. The molecule has 0 unspecified atom stereocenters. The summed E-state index contributed by atoms with van der Waals surface area (Å²) in [6.07, 6.45) is 1.76. The van der Waals surface area contributed by atoms with Crippen LogP contribution in [0.3, 0.4) is 0 Å². The molecule has 1 heterocycles. The Morgan fingerprint density at radius 1 is 1.40 bits per heavy atom. The summed E-state index contributed by atoms with van der Waals surface area (Å²) in [5, 5.41) is 0.304. The van der Waals surface area contributed by atoms with Crippen molar-refractivity contribution < 1.29 is 0 Å². The van der Waals surface area contributed by atoms with Gasteiger partial charge in [-0.05, 0) is 6.26 Å². The molecule has 0 radical (unpaired) electrons. The summed E-state index contributed by atoms with van der Waals surface area (Å²) in [6, 6.07) is 1.27. The van der Waals surface area contributed by atoms with E-state index in [0.717, 1.165) is 4.57 Å². The topological polar surface area (TPSA) is 82.4 Å². The van der Waals surface area contributed by atoms with Crippen molar-refractivity contribution >= 4 is 22.7 Å². The fourth-order valence-corrected chi connectivity index (χ4v) is 1.17. The third-order valence-corrected chi connectivity index (χ3v) is 2.44. The minimum absolute atomic E-state index is 0.259. The van der Waals surface area contributed by atoms with E-state index in [1.54, 1.807) is 6.26 Å². The summed E-state index contributed by atoms with van der Waals surface area (Å²) in [7, 11) is 2.95. The molecule has 82 valence electrons. The van der Waals surface area contributed by atoms with Gasteiger partial charge in [-0.25, -0.2) is 9.79 Å². The van der Waals surface area contributed by atoms with E-state index in [0.29, 0.717) is 5.17 Å². The van der Waals surface area contributed by atoms with Crippen molar-refractivity contribution in [2.45, 2.75) is 0 Å². The Morgan fingerprint density at radius 2 is 2.00 bits per heavy atom. The molecule has 1 aromatic heterocycles. The zero-order valence-corrected chi connectivity index (χ0v) is 9.54. The van der Waals surface area contributed by atoms with Crippen LogP contribution in [0, 0.1) is 0 Å². The van der Waals surface area contributed by atoms with Gasteiger partial charge in [0.15, 0.2) is 5.17 Å². The van der Waals surface area contributed by atoms with Gasteiger partial charge in [0.2, 0.25) is 0 Å². The van der Waals surface area contributed by atoms with Gasteiger partial charge in [0.1, 0.15) is 5.82 Å². The van der Waals surface area contributed by atoms with Gasteiger partial charge in [-0.1, -0.05) is 11.8 Å². The molecule has 1 aromatic rings. The van der Waals surface area contributed by atoms with Gasteiger partial charge in [-0.3, -0.25) is 13.9 Å². The van der Waals surface area contributed by atoms with E-state index in [4.69, 9.17) is 5.73 Å². The molecule has 0 saturated heterocycles. The zero-order chi connectivity index (χ0) is 11.6. The Kier molecular flexibility index (Phi) is 3.35. The Morgan fingerprint density at radius 3 is 2.53 bits per heavy atom. The summed E-state index contributed by atoms with van der Waals surface area (Å²) in [4.78, 5) is 26.8. The Hall–Kier alpha value is -1.50. The van der Waals surface area contributed by atoms with E-state index in [9.17, 15) is 9.59 Å². The Bertz CT molecular complexity index is 514. The molecule has 0 fully saturated rings. The lowest BCUT2D eigenvalue weighted by molar-refractivity contribution is 0.689. The molecule has 0 aliphatic rings. The van der Waals surface area contributed by atoms with Crippen LogP contribution < -0.4 is 17.0 Å². The molecule has 0 bridgehead atoms. The fraction of sp³-hybridized carbons (Fsp3) is 0.375. The summed E-state index contributed by atoms with van der Waals surface area (Å²) in [5.74, 6) is 0.259. The molecule has 0 aliphatic carbocycles. The number of aliphatic imine (C=N–C) groups is 1. The number of amidine groups is 1. The van der Waals surface area contributed by atoms with Crippen molar-refractivity contribution in [2.75, 3.05) is 6.26 Å². The van der Waals surface area contributed by atoms with Crippen LogP contribution in [0.4, 0.5) is 5.82 Å². The van der Waals surface area contributed by atoms with Crippen molar-refractivity contribution in [1.29, 1.82) is 0 Å². The number of nitrogens with zero attached hydrogens (tertiary/aromatic N) is 3. The largest absolute Gasteiger partial charge is 0.378 e. The first-order valence-electron chi connectivity index (χ1n) is 4.12. The molecular formula is C8H12N4O2S. The molecule has 0 aromatic carbocycles. The minimum Gasteiger partial charge on any atom is -0.378 e. The molecule has 0 amide bonds. The highest BCUT2D eigenvalue weighted by Crippen LogP contribution is 2.06. The molecule has 6 nitrogen and oxygen atoms in total. The molecule has 7 heteroatoms. The molecule has 15 heavy (non-hydrogen) atoms. The summed E-state index contributed by atoms with van der Waals surface area (Å²) in [6.45, 7) is 0. The number of aromatic nitrogens is 2. The first kappa shape index (κ1) is 11.6. The van der Waals surface area contributed by atoms with Gasteiger partial charge in [0, 0.05) is 20.2 Å². The fourth-order valence-electron chi connectivity index (χ4n) is 0.987. The molecule has 0 spiro atoms. The van der Waals surface area contributed by atoms with Crippen molar-refractivity contribution in [2.24, 2.45) is 24.8 Å². The predicted molar refractivity (Wildman–Crippen MR) is 61.7 cm³/mol. The number of nitrogens with two attached hydrogens (primary N) is 1. The summed E-state index contributed by atoms with van der Waals surface area (Å²) in [5.41, 5.74) is 4.68. The molecule has 0 atom stereocenters. The van der Waals surface area contributed by atoms with E-state index in [2.05, 4.69) is 4.99 Å². The summed E-state index contributed by atoms with van der Waals surface area (Å²) >= 11 is 1.25. The average Bonchev–Trinajstić information content (AvgIpc) is 2.22. The van der Waals surface area contributed by atoms with Crippen LogP contribution >= 0.6 is 11.8 Å². The van der Waals surface area contributed by atoms with Crippen molar-refractivity contribution in [3.63, 3.8) is 0 Å². The molecule has 0 saturated carbocycles. The Labute approximate surface area is 90.4 Å². The van der Waals surface area contributed by atoms with Crippen molar-refractivity contribution in [1.82, 2.24) is 9.13 Å². The molecule has 2 N–H and O–H groups in total. The van der Waals surface area contributed by atoms with Crippen LogP contribution in [-0.2, 0) is 14.1 Å². The number of rotatable bonds is 1. The maximum absolute atomic E-state index is 11.5. The van der Waals surface area contributed by atoms with Crippen LogP contribution in [0.25, 0.3) is 0 Å². The zero-order valence-electron chi connectivity index (χ0n) is 8.72. The lowest BCUT2D eigenvalue weighted by Crippen LogP contribution is -2.36. The molecule has 0 aliphatic heterocycles. The maximum atomic E-state index is 11.5. The highest BCUT2D eigenvalue weighted by molar-refractivity contribution is 8.13. The van der Waals surface area contributed by atoms with E-state index in [-0.39, 0.29) is 5.82 Å². The van der Waals surface area contributed by atoms with E-state index < -0.39 is 11.2 Å². The van der Waals surface area contributed by atoms with E-state index in [1.165, 1.54) is 36.5 Å². The highest BCUT2D eigenvalue weighted by Gasteiger charge is 2.04. The van der Waals surface area contributed by atoms with Crippen LogP contribution in [0.1, 0.15) is 0 Å². The quantitative estimate of drug-likeness (QED) is 0.513. The van der Waals surface area contributed by atoms with Gasteiger partial charge in [0.05, 0.1) is 0 Å². The van der Waals surface area contributed by atoms with Crippen molar-refractivity contribution in [3.8, 4) is 0 Å². The summed E-state index contributed by atoms with van der Waals surface area (Å²) < 4.78 is 2.28. The van der Waals surface area contributed by atoms with Crippen LogP contribution in [0.5, 0.6) is 0 Å². The third kappa shape index (κ3) is 2.30. The van der Waals surface area contributed by atoms with Gasteiger partial charge in [-0.15, -0.1) is 0 Å². The van der Waals surface area contributed by atoms with Crippen molar-refractivity contribution in [3.05, 3.63) is 26.9 Å². The average molecular weight is 228 g/mol. The van der Waals surface area contributed by atoms with Gasteiger partial charge >= 0.3 is 5.69 Å². The van der Waals surface area contributed by atoms with Crippen LogP contribution in [-0.4, -0.2) is 20.6 Å². The SMILES string of the molecule is CSC(N)=Nc1cc(=O)n(C)c(=O)n1C. The number of thioether (sulfide) groups is 1. The molecular weight excluding hydrogens is 216 g/mol. The number of hydrogen-bond donors (Lipinski definition) is 1. The molecule has 1 rings (SSSR count). The second-order valence-electron chi connectivity index (χ2n) is 2.90. The third-order valence-electron chi connectivity index (χ3n) is 1.93. The first-order chi connectivity index (χ1) is 6.97. The maximum Gasteiger partial charge on any atom is 0.332 e. The standard InChI is InChI=1S/C8H12N4O2S/c1-11-5(10-7(9)15-3)4-6(13)12(2)8(11)14/h4H,1-3H3,(H2,9,10). The van der Waals surface area contributed by atoms with Gasteiger partial charge in [-0.2, -0.15) is 0 Å². The normalized spacial score (nSPS) is 11.8. The van der Waals surface area contributed by atoms with E-state index in [1.807, 2.05) is 0 Å². The Balaban J connectivity index is 3.47. The van der Waals surface area contributed by atoms with E-state index >= 15 is 0 Å². The lowest BCUT2D eigenvalue weighted by Gasteiger charge is -2.05. The number of hydrogen-bond acceptors (Lipinski definition) is 4. The van der Waals surface area contributed by atoms with Crippen LogP contribution in [0.15, 0.2) is 20.6 Å².